The third-order valence-corrected chi connectivity index (χ3v) is 3.21. The van der Waals surface area contributed by atoms with Gasteiger partial charge in [-0.25, -0.2) is 0 Å². The first-order valence-corrected chi connectivity index (χ1v) is 6.61. The lowest BCUT2D eigenvalue weighted by Gasteiger charge is -2.14. The van der Waals surface area contributed by atoms with Crippen LogP contribution >= 0.6 is 0 Å². The van der Waals surface area contributed by atoms with E-state index in [-0.39, 0.29) is 11.9 Å². The van der Waals surface area contributed by atoms with Gasteiger partial charge in [0.2, 0.25) is 0 Å². The summed E-state index contributed by atoms with van der Waals surface area (Å²) in [6.07, 6.45) is 1.62. The van der Waals surface area contributed by atoms with Gasteiger partial charge in [-0.15, -0.1) is 0 Å². The van der Waals surface area contributed by atoms with E-state index in [4.69, 9.17) is 0 Å². The zero-order valence-electron chi connectivity index (χ0n) is 12.0. The second kappa shape index (κ2) is 6.19. The molecule has 0 aliphatic rings. The number of hydrogen-bond acceptors (Lipinski definition) is 3. The van der Waals surface area contributed by atoms with Gasteiger partial charge in [0.25, 0.3) is 5.91 Å². The van der Waals surface area contributed by atoms with E-state index < -0.39 is 0 Å². The van der Waals surface area contributed by atoms with Gasteiger partial charge in [-0.2, -0.15) is 0 Å². The molecule has 1 amide bonds. The van der Waals surface area contributed by atoms with Gasteiger partial charge in [0.05, 0.1) is 6.04 Å². The maximum absolute atomic E-state index is 12.2. The predicted molar refractivity (Wildman–Crippen MR) is 80.8 cm³/mol. The molecule has 1 unspecified atom stereocenters. The molecule has 1 heterocycles. The highest BCUT2D eigenvalue weighted by Gasteiger charge is 2.12. The average molecular weight is 269 g/mol. The molecule has 1 atom stereocenters. The first-order valence-electron chi connectivity index (χ1n) is 6.61. The van der Waals surface area contributed by atoms with E-state index in [2.05, 4.69) is 15.6 Å². The maximum Gasteiger partial charge on any atom is 0.270 e. The van der Waals surface area contributed by atoms with Crippen molar-refractivity contribution >= 4 is 11.6 Å². The summed E-state index contributed by atoms with van der Waals surface area (Å²) in [5, 5.41) is 5.95. The van der Waals surface area contributed by atoms with Gasteiger partial charge in [0.1, 0.15) is 5.69 Å². The summed E-state index contributed by atoms with van der Waals surface area (Å²) in [6, 6.07) is 11.6. The lowest BCUT2D eigenvalue weighted by molar-refractivity contribution is 0.0935. The molecule has 0 spiro atoms. The molecule has 4 nitrogen and oxygen atoms in total. The fourth-order valence-electron chi connectivity index (χ4n) is 1.92. The van der Waals surface area contributed by atoms with Crippen LogP contribution in [-0.2, 0) is 0 Å². The normalized spacial score (nSPS) is 11.8. The largest absolute Gasteiger partial charge is 0.388 e. The van der Waals surface area contributed by atoms with Gasteiger partial charge < -0.3 is 10.6 Å². The molecule has 0 aliphatic heterocycles. The number of amides is 1. The second-order valence-corrected chi connectivity index (χ2v) is 4.79. The number of carbonyl (C=O) groups is 1. The average Bonchev–Trinajstić information content (AvgIpc) is 2.47. The minimum atomic E-state index is -0.171. The molecule has 104 valence electrons. The molecule has 4 heteroatoms. The molecule has 2 N–H and O–H groups in total. The van der Waals surface area contributed by atoms with E-state index in [1.54, 1.807) is 12.3 Å². The zero-order valence-corrected chi connectivity index (χ0v) is 12.0. The lowest BCUT2D eigenvalue weighted by Crippen LogP contribution is -2.27. The van der Waals surface area contributed by atoms with Crippen molar-refractivity contribution < 1.29 is 4.79 Å². The summed E-state index contributed by atoms with van der Waals surface area (Å²) in [5.41, 5.74) is 3.56. The highest BCUT2D eigenvalue weighted by molar-refractivity contribution is 5.93. The Morgan fingerprint density at radius 2 is 1.90 bits per heavy atom. The van der Waals surface area contributed by atoms with Crippen molar-refractivity contribution in [3.63, 3.8) is 0 Å². The second-order valence-electron chi connectivity index (χ2n) is 4.79. The van der Waals surface area contributed by atoms with Crippen LogP contribution in [0.2, 0.25) is 0 Å². The third kappa shape index (κ3) is 3.35. The van der Waals surface area contributed by atoms with E-state index in [9.17, 15) is 4.79 Å². The SMILES string of the molecule is CNc1ccnc(C(=O)NC(C)c2ccc(C)cc2)c1. The minimum Gasteiger partial charge on any atom is -0.388 e. The fourth-order valence-corrected chi connectivity index (χ4v) is 1.92. The van der Waals surface area contributed by atoms with E-state index in [1.807, 2.05) is 51.2 Å². The van der Waals surface area contributed by atoms with Gasteiger partial charge in [0, 0.05) is 18.9 Å². The number of rotatable bonds is 4. The van der Waals surface area contributed by atoms with E-state index in [0.717, 1.165) is 11.3 Å². The molecule has 2 aromatic rings. The summed E-state index contributed by atoms with van der Waals surface area (Å²) in [5.74, 6) is -0.171. The molecule has 0 saturated heterocycles. The molecule has 20 heavy (non-hydrogen) atoms. The molecular weight excluding hydrogens is 250 g/mol. The molecule has 0 bridgehead atoms. The Kier molecular flexibility index (Phi) is 4.35. The number of benzene rings is 1. The Balaban J connectivity index is 2.08. The van der Waals surface area contributed by atoms with Crippen LogP contribution in [-0.4, -0.2) is 17.9 Å². The molecule has 0 fully saturated rings. The van der Waals surface area contributed by atoms with Crippen LogP contribution in [0.3, 0.4) is 0 Å². The van der Waals surface area contributed by atoms with Gasteiger partial charge in [-0.1, -0.05) is 29.8 Å². The Morgan fingerprint density at radius 3 is 2.55 bits per heavy atom. The van der Waals surface area contributed by atoms with Crippen LogP contribution in [0, 0.1) is 6.92 Å². The lowest BCUT2D eigenvalue weighted by atomic mass is 10.1. The van der Waals surface area contributed by atoms with Crippen LogP contribution in [0.4, 0.5) is 5.69 Å². The van der Waals surface area contributed by atoms with Crippen molar-refractivity contribution in [3.05, 3.63) is 59.4 Å². The van der Waals surface area contributed by atoms with Crippen molar-refractivity contribution in [2.24, 2.45) is 0 Å². The molecule has 0 radical (unpaired) electrons. The first-order chi connectivity index (χ1) is 9.60. The maximum atomic E-state index is 12.2. The van der Waals surface area contributed by atoms with Crippen LogP contribution in [0.1, 0.15) is 34.6 Å². The quantitative estimate of drug-likeness (QED) is 0.897. The topological polar surface area (TPSA) is 54.0 Å². The number of nitrogens with zero attached hydrogens (tertiary/aromatic N) is 1. The molecular formula is C16H19N3O. The van der Waals surface area contributed by atoms with E-state index in [1.165, 1.54) is 5.56 Å². The summed E-state index contributed by atoms with van der Waals surface area (Å²) < 4.78 is 0. The van der Waals surface area contributed by atoms with E-state index >= 15 is 0 Å². The Morgan fingerprint density at radius 1 is 1.20 bits per heavy atom. The van der Waals surface area contributed by atoms with Gasteiger partial charge in [-0.05, 0) is 31.5 Å². The summed E-state index contributed by atoms with van der Waals surface area (Å²) in [4.78, 5) is 16.3. The van der Waals surface area contributed by atoms with E-state index in [0.29, 0.717) is 5.69 Å². The van der Waals surface area contributed by atoms with Crippen LogP contribution in [0.25, 0.3) is 0 Å². The molecule has 0 saturated carbocycles. The minimum absolute atomic E-state index is 0.0526. The molecule has 0 aliphatic carbocycles. The summed E-state index contributed by atoms with van der Waals surface area (Å²) >= 11 is 0. The van der Waals surface area contributed by atoms with Crippen molar-refractivity contribution in [2.75, 3.05) is 12.4 Å². The number of carbonyl (C=O) groups excluding carboxylic acids is 1. The molecule has 1 aromatic heterocycles. The van der Waals surface area contributed by atoms with Gasteiger partial charge >= 0.3 is 0 Å². The van der Waals surface area contributed by atoms with Crippen LogP contribution in [0.15, 0.2) is 42.6 Å². The highest BCUT2D eigenvalue weighted by Crippen LogP contribution is 2.14. The number of anilines is 1. The fraction of sp³-hybridized carbons (Fsp3) is 0.250. The number of pyridine rings is 1. The predicted octanol–water partition coefficient (Wildman–Crippen LogP) is 2.92. The number of nitrogens with one attached hydrogen (secondary N) is 2. The highest BCUT2D eigenvalue weighted by atomic mass is 16.1. The van der Waals surface area contributed by atoms with Crippen molar-refractivity contribution in [1.29, 1.82) is 0 Å². The van der Waals surface area contributed by atoms with Crippen molar-refractivity contribution in [2.45, 2.75) is 19.9 Å². The molecule has 2 rings (SSSR count). The zero-order chi connectivity index (χ0) is 14.5. The molecule has 1 aromatic carbocycles. The summed E-state index contributed by atoms with van der Waals surface area (Å²) in [7, 11) is 1.81. The summed E-state index contributed by atoms with van der Waals surface area (Å²) in [6.45, 7) is 4.00. The number of aromatic nitrogens is 1. The first kappa shape index (κ1) is 14.1. The Labute approximate surface area is 119 Å². The number of aryl methyl sites for hydroxylation is 1. The Hall–Kier alpha value is -2.36. The number of hydrogen-bond donors (Lipinski definition) is 2. The van der Waals surface area contributed by atoms with Crippen LogP contribution in [0.5, 0.6) is 0 Å². The standard InChI is InChI=1S/C16H19N3O/c1-11-4-6-13(7-5-11)12(2)19-16(20)15-10-14(17-3)8-9-18-15/h4-10,12H,1-3H3,(H,17,18)(H,19,20). The third-order valence-electron chi connectivity index (χ3n) is 3.21. The van der Waals surface area contributed by atoms with Gasteiger partial charge in [-0.3, -0.25) is 9.78 Å². The smallest absolute Gasteiger partial charge is 0.270 e. The van der Waals surface area contributed by atoms with Crippen LogP contribution < -0.4 is 10.6 Å². The monoisotopic (exact) mass is 269 g/mol. The Bertz CT molecular complexity index is 593. The van der Waals surface area contributed by atoms with Crippen molar-refractivity contribution in [1.82, 2.24) is 10.3 Å². The van der Waals surface area contributed by atoms with Gasteiger partial charge in [0.15, 0.2) is 0 Å². The van der Waals surface area contributed by atoms with Crippen molar-refractivity contribution in [3.8, 4) is 0 Å².